The van der Waals surface area contributed by atoms with Crippen LogP contribution in [-0.4, -0.2) is 43.1 Å². The number of hydrogen-bond acceptors (Lipinski definition) is 3. The van der Waals surface area contributed by atoms with Gasteiger partial charge in [-0.15, -0.1) is 11.3 Å². The molecule has 1 atom stereocenters. The van der Waals surface area contributed by atoms with Crippen LogP contribution in [0.5, 0.6) is 0 Å². The molecule has 1 fully saturated rings. The van der Waals surface area contributed by atoms with Crippen molar-refractivity contribution in [3.8, 4) is 0 Å². The van der Waals surface area contributed by atoms with Gasteiger partial charge in [-0.25, -0.2) is 8.78 Å². The highest BCUT2D eigenvalue weighted by Gasteiger charge is 2.50. The summed E-state index contributed by atoms with van der Waals surface area (Å²) in [7, 11) is 0. The predicted octanol–water partition coefficient (Wildman–Crippen LogP) is 4.16. The van der Waals surface area contributed by atoms with Crippen LogP contribution in [-0.2, 0) is 15.1 Å². The van der Waals surface area contributed by atoms with Crippen LogP contribution in [0.2, 0.25) is 4.34 Å². The summed E-state index contributed by atoms with van der Waals surface area (Å²) >= 11 is 7.08. The molecule has 0 aliphatic carbocycles. The molecule has 1 spiro atoms. The SMILES string of the molecule is O=C(N1CCC2(CC1)OCC(C(F)F)c1cc(Cl)sc12)C(F)(F)F. The molecule has 24 heavy (non-hydrogen) atoms. The van der Waals surface area contributed by atoms with Gasteiger partial charge < -0.3 is 9.64 Å². The second-order valence-electron chi connectivity index (χ2n) is 5.87. The molecule has 1 aromatic rings. The van der Waals surface area contributed by atoms with Crippen LogP contribution in [0, 0.1) is 0 Å². The number of halogens is 6. The summed E-state index contributed by atoms with van der Waals surface area (Å²) in [4.78, 5) is 12.6. The number of alkyl halides is 5. The standard InChI is InChI=1S/C14H13ClF5NO2S/c15-9-5-7-8(11(16)17)6-23-13(10(7)24-9)1-3-21(4-2-13)12(22)14(18,19)20/h5,8,11H,1-4,6H2. The smallest absolute Gasteiger partial charge is 0.368 e. The Labute approximate surface area is 143 Å². The molecule has 1 unspecified atom stereocenters. The van der Waals surface area contributed by atoms with Gasteiger partial charge in [0.15, 0.2) is 0 Å². The Hall–Kier alpha value is -0.930. The van der Waals surface area contributed by atoms with Gasteiger partial charge in [-0.1, -0.05) is 11.6 Å². The van der Waals surface area contributed by atoms with Gasteiger partial charge in [-0.2, -0.15) is 13.2 Å². The van der Waals surface area contributed by atoms with Gasteiger partial charge in [0.05, 0.1) is 16.9 Å². The number of hydrogen-bond donors (Lipinski definition) is 0. The van der Waals surface area contributed by atoms with E-state index in [-0.39, 0.29) is 32.5 Å². The predicted molar refractivity (Wildman–Crippen MR) is 77.6 cm³/mol. The Morgan fingerprint density at radius 2 is 2.00 bits per heavy atom. The van der Waals surface area contributed by atoms with Crippen molar-refractivity contribution in [2.75, 3.05) is 19.7 Å². The van der Waals surface area contributed by atoms with E-state index in [2.05, 4.69) is 0 Å². The Morgan fingerprint density at radius 1 is 1.38 bits per heavy atom. The van der Waals surface area contributed by atoms with E-state index in [1.54, 1.807) is 0 Å². The van der Waals surface area contributed by atoms with Crippen molar-refractivity contribution in [2.24, 2.45) is 0 Å². The van der Waals surface area contributed by atoms with Gasteiger partial charge in [-0.05, 0) is 24.5 Å². The number of rotatable bonds is 1. The fourth-order valence-corrected chi connectivity index (χ4v) is 4.75. The second kappa shape index (κ2) is 6.10. The average Bonchev–Trinajstić information content (AvgIpc) is 2.89. The second-order valence-corrected chi connectivity index (χ2v) is 7.55. The average molecular weight is 390 g/mol. The Morgan fingerprint density at radius 3 is 2.54 bits per heavy atom. The number of fused-ring (bicyclic) bond motifs is 2. The van der Waals surface area contributed by atoms with Crippen LogP contribution in [0.3, 0.4) is 0 Å². The van der Waals surface area contributed by atoms with E-state index in [9.17, 15) is 26.7 Å². The first-order chi connectivity index (χ1) is 11.1. The van der Waals surface area contributed by atoms with Crippen LogP contribution >= 0.6 is 22.9 Å². The van der Waals surface area contributed by atoms with Crippen molar-refractivity contribution in [1.29, 1.82) is 0 Å². The van der Waals surface area contributed by atoms with E-state index >= 15 is 0 Å². The van der Waals surface area contributed by atoms with E-state index in [0.717, 1.165) is 16.2 Å². The maximum Gasteiger partial charge on any atom is 0.471 e. The van der Waals surface area contributed by atoms with Gasteiger partial charge >= 0.3 is 12.1 Å². The van der Waals surface area contributed by atoms with Crippen LogP contribution < -0.4 is 0 Å². The van der Waals surface area contributed by atoms with Crippen molar-refractivity contribution in [2.45, 2.75) is 37.0 Å². The first kappa shape index (κ1) is 17.9. The van der Waals surface area contributed by atoms with Crippen molar-refractivity contribution in [1.82, 2.24) is 4.90 Å². The third-order valence-corrected chi connectivity index (χ3v) is 5.95. The lowest BCUT2D eigenvalue weighted by atomic mass is 9.82. The highest BCUT2D eigenvalue weighted by Crippen LogP contribution is 2.50. The van der Waals surface area contributed by atoms with Gasteiger partial charge in [0.2, 0.25) is 6.43 Å². The van der Waals surface area contributed by atoms with Crippen LogP contribution in [0.15, 0.2) is 6.07 Å². The minimum absolute atomic E-state index is 0.120. The molecule has 2 aliphatic rings. The molecule has 10 heteroatoms. The zero-order valence-corrected chi connectivity index (χ0v) is 13.8. The summed E-state index contributed by atoms with van der Waals surface area (Å²) in [5, 5.41) is 0. The quantitative estimate of drug-likeness (QED) is 0.675. The van der Waals surface area contributed by atoms with E-state index < -0.39 is 30.0 Å². The highest BCUT2D eigenvalue weighted by atomic mass is 35.5. The zero-order valence-electron chi connectivity index (χ0n) is 12.2. The lowest BCUT2D eigenvalue weighted by Gasteiger charge is -2.45. The van der Waals surface area contributed by atoms with Crippen molar-refractivity contribution in [3.05, 3.63) is 20.8 Å². The molecule has 0 radical (unpaired) electrons. The van der Waals surface area contributed by atoms with Crippen LogP contribution in [0.1, 0.15) is 29.2 Å². The molecule has 1 saturated heterocycles. The summed E-state index contributed by atoms with van der Waals surface area (Å²) in [5.74, 6) is -2.98. The number of carbonyl (C=O) groups is 1. The van der Waals surface area contributed by atoms with Crippen molar-refractivity contribution in [3.63, 3.8) is 0 Å². The fraction of sp³-hybridized carbons (Fsp3) is 0.643. The zero-order chi connectivity index (χ0) is 17.7. The summed E-state index contributed by atoms with van der Waals surface area (Å²) in [5.41, 5.74) is -0.539. The topological polar surface area (TPSA) is 29.5 Å². The fourth-order valence-electron chi connectivity index (χ4n) is 3.24. The molecule has 134 valence electrons. The van der Waals surface area contributed by atoms with E-state index in [1.807, 2.05) is 0 Å². The van der Waals surface area contributed by atoms with E-state index in [4.69, 9.17) is 16.3 Å². The van der Waals surface area contributed by atoms with Crippen molar-refractivity contribution < 1.29 is 31.5 Å². The van der Waals surface area contributed by atoms with Gasteiger partial charge in [-0.3, -0.25) is 4.79 Å². The molecule has 3 rings (SSSR count). The minimum atomic E-state index is -4.92. The van der Waals surface area contributed by atoms with E-state index in [0.29, 0.717) is 14.8 Å². The van der Waals surface area contributed by atoms with Gasteiger partial charge in [0.25, 0.3) is 0 Å². The molecule has 1 amide bonds. The van der Waals surface area contributed by atoms with Gasteiger partial charge in [0.1, 0.15) is 5.60 Å². The lowest BCUT2D eigenvalue weighted by molar-refractivity contribution is -0.191. The summed E-state index contributed by atoms with van der Waals surface area (Å²) < 4.78 is 69.9. The van der Waals surface area contributed by atoms with Crippen LogP contribution in [0.4, 0.5) is 22.0 Å². The number of nitrogens with zero attached hydrogens (tertiary/aromatic N) is 1. The third-order valence-electron chi connectivity index (χ3n) is 4.49. The maximum absolute atomic E-state index is 13.2. The number of thiophene rings is 1. The molecular weight excluding hydrogens is 377 g/mol. The number of ether oxygens (including phenoxy) is 1. The lowest BCUT2D eigenvalue weighted by Crippen LogP contribution is -2.51. The molecule has 0 bridgehead atoms. The van der Waals surface area contributed by atoms with Crippen LogP contribution in [0.25, 0.3) is 0 Å². The molecule has 0 aromatic carbocycles. The molecule has 0 N–H and O–H groups in total. The number of carbonyl (C=O) groups excluding carboxylic acids is 1. The van der Waals surface area contributed by atoms with Crippen molar-refractivity contribution >= 4 is 28.8 Å². The number of piperidine rings is 1. The molecule has 1 aromatic heterocycles. The molecule has 2 aliphatic heterocycles. The number of amides is 1. The Bertz CT molecular complexity index is 640. The largest absolute Gasteiger partial charge is 0.471 e. The monoisotopic (exact) mass is 389 g/mol. The Balaban J connectivity index is 1.83. The summed E-state index contributed by atoms with van der Waals surface area (Å²) in [6.45, 7) is -0.510. The van der Waals surface area contributed by atoms with E-state index in [1.165, 1.54) is 6.07 Å². The third kappa shape index (κ3) is 3.01. The molecule has 3 nitrogen and oxygen atoms in total. The summed E-state index contributed by atoms with van der Waals surface area (Å²) in [6.07, 6.45) is -7.29. The maximum atomic E-state index is 13.2. The summed E-state index contributed by atoms with van der Waals surface area (Å²) in [6, 6.07) is 1.48. The Kier molecular flexibility index (Phi) is 4.55. The molecular formula is C14H13ClF5NO2S. The first-order valence-electron chi connectivity index (χ1n) is 7.22. The number of likely N-dealkylation sites (tertiary alicyclic amines) is 1. The van der Waals surface area contributed by atoms with Gasteiger partial charge in [0, 0.05) is 18.0 Å². The molecule has 3 heterocycles. The first-order valence-corrected chi connectivity index (χ1v) is 8.41. The highest BCUT2D eigenvalue weighted by molar-refractivity contribution is 7.16. The normalized spacial score (nSPS) is 23.6. The molecule has 0 saturated carbocycles. The minimum Gasteiger partial charge on any atom is -0.368 e.